The Labute approximate surface area is 157 Å². The molecular formula is C16H20N2O3SW. The Bertz CT molecular complexity index is 554. The molecule has 0 saturated carbocycles. The van der Waals surface area contributed by atoms with Gasteiger partial charge in [-0.15, -0.1) is 35.9 Å². The van der Waals surface area contributed by atoms with E-state index in [1.165, 1.54) is 0 Å². The van der Waals surface area contributed by atoms with E-state index in [4.69, 9.17) is 0 Å². The Kier molecular flexibility index (Phi) is 9.40. The number of piperidine rings is 1. The zero-order valence-corrected chi connectivity index (χ0v) is 17.2. The first kappa shape index (κ1) is 21.9. The van der Waals surface area contributed by atoms with E-state index >= 15 is 0 Å². The molecule has 1 heterocycles. The third-order valence-corrected chi connectivity index (χ3v) is 3.82. The van der Waals surface area contributed by atoms with Crippen LogP contribution in [0.3, 0.4) is 0 Å². The van der Waals surface area contributed by atoms with Gasteiger partial charge in [-0.1, -0.05) is 40.0 Å². The molecule has 1 saturated heterocycles. The Morgan fingerprint density at radius 1 is 1.39 bits per heavy atom. The molecule has 0 spiro atoms. The van der Waals surface area contributed by atoms with Crippen molar-refractivity contribution in [2.24, 2.45) is 0 Å². The quantitative estimate of drug-likeness (QED) is 0.391. The first-order valence-electron chi connectivity index (χ1n) is 7.30. The van der Waals surface area contributed by atoms with Gasteiger partial charge < -0.3 is 10.1 Å². The summed E-state index contributed by atoms with van der Waals surface area (Å²) in [5.74, 6) is -1.41. The molecule has 1 aliphatic heterocycles. The Morgan fingerprint density at radius 3 is 2.57 bits per heavy atom. The number of carbonyl (C=O) groups excluding carboxylic acids is 3. The molecule has 2 rings (SSSR count). The van der Waals surface area contributed by atoms with Crippen LogP contribution in [0.25, 0.3) is 5.32 Å². The minimum Gasteiger partial charge on any atom is -0.681 e. The molecule has 0 aromatic heterocycles. The van der Waals surface area contributed by atoms with Crippen LogP contribution in [0.2, 0.25) is 0 Å². The third-order valence-electron chi connectivity index (χ3n) is 3.42. The molecule has 5 nitrogen and oxygen atoms in total. The number of imide groups is 1. The van der Waals surface area contributed by atoms with Crippen molar-refractivity contribution >= 4 is 30.5 Å². The SMILES string of the molecule is CC.CCC1([N-]C(=O)c2[c-]cccc2)CCC(=O)N(S)C1=O.[W+2]. The number of rotatable bonds is 3. The van der Waals surface area contributed by atoms with E-state index < -0.39 is 17.4 Å². The first-order valence-corrected chi connectivity index (χ1v) is 7.70. The number of carbonyl (C=O) groups is 3. The normalized spacial score (nSPS) is 20.1. The number of amides is 3. The van der Waals surface area contributed by atoms with Gasteiger partial charge in [-0.25, -0.2) is 4.31 Å². The molecule has 1 unspecified atom stereocenters. The summed E-state index contributed by atoms with van der Waals surface area (Å²) >= 11 is 3.88. The molecule has 1 atom stereocenters. The molecule has 1 fully saturated rings. The van der Waals surface area contributed by atoms with E-state index in [2.05, 4.69) is 24.2 Å². The maximum absolute atomic E-state index is 12.2. The first-order chi connectivity index (χ1) is 10.5. The van der Waals surface area contributed by atoms with E-state index in [0.717, 1.165) is 4.31 Å². The van der Waals surface area contributed by atoms with Crippen molar-refractivity contribution in [3.8, 4) is 0 Å². The molecule has 23 heavy (non-hydrogen) atoms. The Morgan fingerprint density at radius 2 is 2.04 bits per heavy atom. The van der Waals surface area contributed by atoms with Gasteiger partial charge in [-0.05, 0) is 17.9 Å². The summed E-state index contributed by atoms with van der Waals surface area (Å²) in [7, 11) is 0. The van der Waals surface area contributed by atoms with Crippen LogP contribution in [0.4, 0.5) is 0 Å². The number of nitrogens with zero attached hydrogens (tertiary/aromatic N) is 2. The second-order valence-corrected chi connectivity index (χ2v) is 4.99. The minimum atomic E-state index is -1.20. The maximum Gasteiger partial charge on any atom is 2.00 e. The number of thiol groups is 1. The molecule has 1 aliphatic rings. The van der Waals surface area contributed by atoms with E-state index in [9.17, 15) is 14.4 Å². The minimum absolute atomic E-state index is 0. The van der Waals surface area contributed by atoms with Crippen LogP contribution in [0.5, 0.6) is 0 Å². The predicted octanol–water partition coefficient (Wildman–Crippen LogP) is 3.17. The van der Waals surface area contributed by atoms with Gasteiger partial charge in [0.2, 0.25) is 11.8 Å². The van der Waals surface area contributed by atoms with Gasteiger partial charge in [-0.3, -0.25) is 9.59 Å². The predicted molar refractivity (Wildman–Crippen MR) is 87.4 cm³/mol. The Hall–Kier alpha value is -1.13. The summed E-state index contributed by atoms with van der Waals surface area (Å²) in [5, 5.41) is 4.06. The summed E-state index contributed by atoms with van der Waals surface area (Å²) in [4.78, 5) is 35.8. The summed E-state index contributed by atoms with van der Waals surface area (Å²) in [5.41, 5.74) is -0.896. The van der Waals surface area contributed by atoms with Crippen LogP contribution < -0.4 is 0 Å². The summed E-state index contributed by atoms with van der Waals surface area (Å²) < 4.78 is 0.762. The van der Waals surface area contributed by atoms with Crippen LogP contribution in [0.15, 0.2) is 24.3 Å². The van der Waals surface area contributed by atoms with Crippen molar-refractivity contribution in [2.45, 2.75) is 45.6 Å². The van der Waals surface area contributed by atoms with Crippen LogP contribution >= 0.6 is 12.8 Å². The molecule has 0 N–H and O–H groups in total. The topological polar surface area (TPSA) is 68.6 Å². The average molecular weight is 504 g/mol. The zero-order chi connectivity index (χ0) is 16.8. The smallest absolute Gasteiger partial charge is 0.681 e. The molecule has 0 radical (unpaired) electrons. The second-order valence-electron chi connectivity index (χ2n) is 4.59. The second kappa shape index (κ2) is 9.88. The fraction of sp³-hybridized carbons (Fsp3) is 0.438. The van der Waals surface area contributed by atoms with Gasteiger partial charge in [0, 0.05) is 6.42 Å². The fourth-order valence-electron chi connectivity index (χ4n) is 2.13. The number of hydrogen-bond donors (Lipinski definition) is 1. The molecule has 124 valence electrons. The Balaban J connectivity index is 0.00000155. The summed E-state index contributed by atoms with van der Waals surface area (Å²) in [6.45, 7) is 5.76. The van der Waals surface area contributed by atoms with Gasteiger partial charge >= 0.3 is 21.1 Å². The van der Waals surface area contributed by atoms with Gasteiger partial charge in [0.15, 0.2) is 0 Å². The molecule has 1 aromatic carbocycles. The van der Waals surface area contributed by atoms with Crippen molar-refractivity contribution < 1.29 is 35.4 Å². The van der Waals surface area contributed by atoms with Gasteiger partial charge in [0.05, 0.1) is 0 Å². The molecule has 7 heteroatoms. The van der Waals surface area contributed by atoms with Crippen LogP contribution in [-0.4, -0.2) is 27.6 Å². The molecule has 1 aromatic rings. The largest absolute Gasteiger partial charge is 2.00 e. The average Bonchev–Trinajstić information content (AvgIpc) is 2.58. The van der Waals surface area contributed by atoms with Crippen LogP contribution in [0, 0.1) is 6.07 Å². The van der Waals surface area contributed by atoms with Gasteiger partial charge in [0.25, 0.3) is 0 Å². The van der Waals surface area contributed by atoms with Crippen molar-refractivity contribution in [2.75, 3.05) is 0 Å². The van der Waals surface area contributed by atoms with Crippen molar-refractivity contribution in [3.05, 3.63) is 41.2 Å². The molecule has 0 aliphatic carbocycles. The molecule has 0 bridgehead atoms. The van der Waals surface area contributed by atoms with Crippen molar-refractivity contribution in [3.63, 3.8) is 0 Å². The van der Waals surface area contributed by atoms with Gasteiger partial charge in [0.1, 0.15) is 0 Å². The number of benzene rings is 1. The van der Waals surface area contributed by atoms with E-state index in [1.807, 2.05) is 13.8 Å². The standard InChI is InChI=1S/C14H15N2O3S.C2H6.W/c1-2-14(9-8-11(17)16(20)13(14)19)15-12(18)10-6-4-3-5-7-10;1-2;/h3-6,20H,2,8-9H2,1H3,(H,15,18);1-2H3;/q-1;;+2/p-1. The van der Waals surface area contributed by atoms with Crippen LogP contribution in [-0.2, 0) is 30.7 Å². The number of hydrogen-bond acceptors (Lipinski definition) is 4. The molecular weight excluding hydrogens is 484 g/mol. The maximum atomic E-state index is 12.2. The van der Waals surface area contributed by atoms with E-state index in [1.54, 1.807) is 31.2 Å². The van der Waals surface area contributed by atoms with Crippen molar-refractivity contribution in [1.29, 1.82) is 0 Å². The summed E-state index contributed by atoms with van der Waals surface area (Å²) in [6.07, 6.45) is 0.726. The van der Waals surface area contributed by atoms with Gasteiger partial charge in [-0.2, -0.15) is 0 Å². The fourth-order valence-corrected chi connectivity index (χ4v) is 2.41. The molecule has 3 amide bonds. The third kappa shape index (κ3) is 4.92. The van der Waals surface area contributed by atoms with Crippen molar-refractivity contribution in [1.82, 2.24) is 4.31 Å². The van der Waals surface area contributed by atoms with E-state index in [-0.39, 0.29) is 39.8 Å². The summed E-state index contributed by atoms with van der Waals surface area (Å²) in [6, 6.07) is 9.42. The van der Waals surface area contributed by atoms with E-state index in [0.29, 0.717) is 12.0 Å². The van der Waals surface area contributed by atoms with Crippen LogP contribution in [0.1, 0.15) is 50.4 Å². The monoisotopic (exact) mass is 504 g/mol. The zero-order valence-electron chi connectivity index (χ0n) is 13.4.